The molecule has 4 rings (SSSR count). The standard InChI is InChI=1S/C22H26N2OS/c1-2-12-23-13-10-22(11-14-23)16-19(17-22)24(18-7-4-3-5-8-18)21(25)20-9-6-15-26-20/h2-9,15,19H,1,10-14,16-17H2. The van der Waals surface area contributed by atoms with E-state index in [1.807, 2.05) is 46.7 Å². The Morgan fingerprint density at radius 1 is 1.19 bits per heavy atom. The highest BCUT2D eigenvalue weighted by atomic mass is 32.1. The van der Waals surface area contributed by atoms with Crippen LogP contribution in [-0.4, -0.2) is 36.5 Å². The summed E-state index contributed by atoms with van der Waals surface area (Å²) in [6, 6.07) is 14.4. The molecule has 2 aromatic rings. The molecule has 2 aliphatic rings. The minimum absolute atomic E-state index is 0.148. The van der Waals surface area contributed by atoms with E-state index in [-0.39, 0.29) is 5.91 Å². The number of hydrogen-bond donors (Lipinski definition) is 0. The summed E-state index contributed by atoms with van der Waals surface area (Å²) in [5.74, 6) is 0.148. The number of carbonyl (C=O) groups is 1. The number of thiophene rings is 1. The summed E-state index contributed by atoms with van der Waals surface area (Å²) in [6.07, 6.45) is 6.74. The highest BCUT2D eigenvalue weighted by Gasteiger charge is 2.49. The van der Waals surface area contributed by atoms with Gasteiger partial charge in [-0.2, -0.15) is 0 Å². The highest BCUT2D eigenvalue weighted by molar-refractivity contribution is 7.12. The normalized spacial score (nSPS) is 19.8. The number of likely N-dealkylation sites (tertiary alicyclic amines) is 1. The van der Waals surface area contributed by atoms with Gasteiger partial charge in [0.1, 0.15) is 0 Å². The molecule has 1 amide bonds. The van der Waals surface area contributed by atoms with Crippen molar-refractivity contribution in [1.82, 2.24) is 4.90 Å². The van der Waals surface area contributed by atoms with E-state index in [0.29, 0.717) is 11.5 Å². The summed E-state index contributed by atoms with van der Waals surface area (Å²) < 4.78 is 0. The third kappa shape index (κ3) is 3.36. The first kappa shape index (κ1) is 17.5. The van der Waals surface area contributed by atoms with E-state index in [4.69, 9.17) is 0 Å². The van der Waals surface area contributed by atoms with Crippen LogP contribution in [0.15, 0.2) is 60.5 Å². The van der Waals surface area contributed by atoms with Crippen molar-refractivity contribution in [2.45, 2.75) is 31.7 Å². The largest absolute Gasteiger partial charge is 0.305 e. The molecule has 1 saturated carbocycles. The number of piperidine rings is 1. The van der Waals surface area contributed by atoms with Crippen molar-refractivity contribution in [3.8, 4) is 0 Å². The van der Waals surface area contributed by atoms with E-state index in [1.165, 1.54) is 24.2 Å². The Kier molecular flexibility index (Phi) is 4.96. The van der Waals surface area contributed by atoms with Gasteiger partial charge in [0, 0.05) is 18.3 Å². The first-order chi connectivity index (χ1) is 12.7. The summed E-state index contributed by atoms with van der Waals surface area (Å²) in [5, 5.41) is 1.98. The predicted octanol–water partition coefficient (Wildman–Crippen LogP) is 4.83. The summed E-state index contributed by atoms with van der Waals surface area (Å²) in [4.78, 5) is 18.5. The average molecular weight is 367 g/mol. The van der Waals surface area contributed by atoms with Crippen LogP contribution >= 0.6 is 11.3 Å². The lowest BCUT2D eigenvalue weighted by Gasteiger charge is -2.55. The van der Waals surface area contributed by atoms with Crippen molar-refractivity contribution < 1.29 is 4.79 Å². The zero-order valence-corrected chi connectivity index (χ0v) is 16.0. The van der Waals surface area contributed by atoms with Crippen LogP contribution < -0.4 is 4.90 Å². The number of nitrogens with zero attached hydrogens (tertiary/aromatic N) is 2. The van der Waals surface area contributed by atoms with Gasteiger partial charge in [0.25, 0.3) is 5.91 Å². The number of benzene rings is 1. The second kappa shape index (κ2) is 7.37. The Hall–Kier alpha value is -1.91. The molecular weight excluding hydrogens is 340 g/mol. The van der Waals surface area contributed by atoms with E-state index in [9.17, 15) is 4.79 Å². The quantitative estimate of drug-likeness (QED) is 0.708. The van der Waals surface area contributed by atoms with Crippen molar-refractivity contribution in [1.29, 1.82) is 0 Å². The molecule has 0 atom stereocenters. The number of para-hydroxylation sites is 1. The van der Waals surface area contributed by atoms with Crippen LogP contribution in [0.25, 0.3) is 0 Å². The Balaban J connectivity index is 1.49. The Bertz CT molecular complexity index is 740. The van der Waals surface area contributed by atoms with Gasteiger partial charge in [0.05, 0.1) is 4.88 Å². The molecule has 1 saturated heterocycles. The molecule has 3 nitrogen and oxygen atoms in total. The van der Waals surface area contributed by atoms with Crippen molar-refractivity contribution in [2.24, 2.45) is 5.41 Å². The van der Waals surface area contributed by atoms with Crippen molar-refractivity contribution in [3.63, 3.8) is 0 Å². The monoisotopic (exact) mass is 366 g/mol. The average Bonchev–Trinajstić information content (AvgIpc) is 3.18. The fourth-order valence-electron chi connectivity index (χ4n) is 4.52. The predicted molar refractivity (Wildman–Crippen MR) is 109 cm³/mol. The Morgan fingerprint density at radius 2 is 1.92 bits per heavy atom. The molecule has 1 aromatic carbocycles. The summed E-state index contributed by atoms with van der Waals surface area (Å²) >= 11 is 1.53. The highest BCUT2D eigenvalue weighted by Crippen LogP contribution is 2.51. The fourth-order valence-corrected chi connectivity index (χ4v) is 5.18. The van der Waals surface area contributed by atoms with Crippen molar-refractivity contribution in [3.05, 3.63) is 65.4 Å². The lowest BCUT2D eigenvalue weighted by molar-refractivity contribution is 0.0188. The molecule has 0 unspecified atom stereocenters. The van der Waals surface area contributed by atoms with Gasteiger partial charge in [-0.25, -0.2) is 0 Å². The minimum atomic E-state index is 0.148. The summed E-state index contributed by atoms with van der Waals surface area (Å²) in [6.45, 7) is 7.16. The van der Waals surface area contributed by atoms with Gasteiger partial charge in [0.15, 0.2) is 0 Å². The lowest BCUT2D eigenvalue weighted by Crippen LogP contribution is -2.56. The molecule has 26 heavy (non-hydrogen) atoms. The maximum atomic E-state index is 13.2. The molecule has 0 radical (unpaired) electrons. The van der Waals surface area contributed by atoms with Gasteiger partial charge < -0.3 is 4.90 Å². The number of carbonyl (C=O) groups excluding carboxylic acids is 1. The van der Waals surface area contributed by atoms with Gasteiger partial charge in [-0.05, 0) is 67.8 Å². The second-order valence-electron chi connectivity index (χ2n) is 7.64. The zero-order valence-electron chi connectivity index (χ0n) is 15.1. The number of hydrogen-bond acceptors (Lipinski definition) is 3. The van der Waals surface area contributed by atoms with Crippen LogP contribution in [0.2, 0.25) is 0 Å². The Labute approximate surface area is 159 Å². The molecular formula is C22H26N2OS. The van der Waals surface area contributed by atoms with Crippen LogP contribution in [0.3, 0.4) is 0 Å². The van der Waals surface area contributed by atoms with Gasteiger partial charge in [-0.3, -0.25) is 9.69 Å². The van der Waals surface area contributed by atoms with E-state index in [2.05, 4.69) is 23.6 Å². The fraction of sp³-hybridized carbons (Fsp3) is 0.409. The molecule has 2 heterocycles. The first-order valence-corrected chi connectivity index (χ1v) is 10.3. The molecule has 2 fully saturated rings. The zero-order chi connectivity index (χ0) is 18.0. The van der Waals surface area contributed by atoms with Crippen LogP contribution in [0, 0.1) is 5.41 Å². The molecule has 0 N–H and O–H groups in total. The second-order valence-corrected chi connectivity index (χ2v) is 8.59. The number of anilines is 1. The smallest absolute Gasteiger partial charge is 0.268 e. The van der Waals surface area contributed by atoms with E-state index in [1.54, 1.807) is 0 Å². The third-order valence-electron chi connectivity index (χ3n) is 5.99. The summed E-state index contributed by atoms with van der Waals surface area (Å²) in [5.41, 5.74) is 1.46. The molecule has 0 bridgehead atoms. The molecule has 1 aromatic heterocycles. The topological polar surface area (TPSA) is 23.6 Å². The maximum Gasteiger partial charge on any atom is 0.268 e. The van der Waals surface area contributed by atoms with E-state index < -0.39 is 0 Å². The van der Waals surface area contributed by atoms with Crippen LogP contribution in [0.5, 0.6) is 0 Å². The van der Waals surface area contributed by atoms with Crippen LogP contribution in [0.4, 0.5) is 5.69 Å². The van der Waals surface area contributed by atoms with Gasteiger partial charge >= 0.3 is 0 Å². The SMILES string of the molecule is C=CCN1CCC2(CC1)CC(N(C(=O)c1cccs1)c1ccccc1)C2. The number of amides is 1. The van der Waals surface area contributed by atoms with Crippen molar-refractivity contribution in [2.75, 3.05) is 24.5 Å². The van der Waals surface area contributed by atoms with E-state index in [0.717, 1.165) is 43.0 Å². The third-order valence-corrected chi connectivity index (χ3v) is 6.85. The van der Waals surface area contributed by atoms with Crippen molar-refractivity contribution >= 4 is 22.9 Å². The summed E-state index contributed by atoms with van der Waals surface area (Å²) in [7, 11) is 0. The number of rotatable bonds is 5. The molecule has 1 aliphatic heterocycles. The molecule has 4 heteroatoms. The van der Waals surface area contributed by atoms with Gasteiger partial charge in [-0.15, -0.1) is 17.9 Å². The van der Waals surface area contributed by atoms with E-state index >= 15 is 0 Å². The first-order valence-electron chi connectivity index (χ1n) is 9.46. The van der Waals surface area contributed by atoms with Gasteiger partial charge in [-0.1, -0.05) is 30.3 Å². The minimum Gasteiger partial charge on any atom is -0.305 e. The van der Waals surface area contributed by atoms with Crippen LogP contribution in [-0.2, 0) is 0 Å². The maximum absolute atomic E-state index is 13.2. The van der Waals surface area contributed by atoms with Crippen LogP contribution in [0.1, 0.15) is 35.4 Å². The Morgan fingerprint density at radius 3 is 2.54 bits per heavy atom. The molecule has 136 valence electrons. The van der Waals surface area contributed by atoms with Gasteiger partial charge in [0.2, 0.25) is 0 Å². The molecule has 1 aliphatic carbocycles. The lowest BCUT2D eigenvalue weighted by atomic mass is 9.60. The molecule has 1 spiro atoms.